The lowest BCUT2D eigenvalue weighted by Gasteiger charge is -2.32. The van der Waals surface area contributed by atoms with E-state index in [9.17, 15) is 4.39 Å². The van der Waals surface area contributed by atoms with Gasteiger partial charge in [0.15, 0.2) is 0 Å². The van der Waals surface area contributed by atoms with Crippen molar-refractivity contribution in [2.24, 2.45) is 0 Å². The minimum atomic E-state index is -0.627. The summed E-state index contributed by atoms with van der Waals surface area (Å²) in [6.07, 6.45) is 0. The lowest BCUT2D eigenvalue weighted by atomic mass is 9.78. The number of hydrogen-bond donors (Lipinski definition) is 0. The fourth-order valence-electron chi connectivity index (χ4n) is 1.87. The Kier molecular flexibility index (Phi) is 3.58. The first-order valence-corrected chi connectivity index (χ1v) is 6.44. The van der Waals surface area contributed by atoms with Crippen LogP contribution in [0.25, 0.3) is 0 Å². The number of halogens is 2. The zero-order chi connectivity index (χ0) is 14.4. The van der Waals surface area contributed by atoms with E-state index in [1.165, 1.54) is 19.2 Å². The minimum Gasteiger partial charge on any atom is -0.497 e. The van der Waals surface area contributed by atoms with Crippen molar-refractivity contribution in [3.63, 3.8) is 0 Å². The Balaban J connectivity index is 2.42. The largest absolute Gasteiger partial charge is 0.498 e. The van der Waals surface area contributed by atoms with Gasteiger partial charge >= 0.3 is 7.12 Å². The van der Waals surface area contributed by atoms with Gasteiger partial charge in [-0.05, 0) is 33.8 Å². The van der Waals surface area contributed by atoms with Crippen LogP contribution in [0.2, 0.25) is 5.02 Å². The zero-order valence-electron chi connectivity index (χ0n) is 11.7. The summed E-state index contributed by atoms with van der Waals surface area (Å²) in [6.45, 7) is 7.80. The van der Waals surface area contributed by atoms with Crippen LogP contribution in [-0.2, 0) is 9.31 Å². The number of methoxy groups -OCH3 is 1. The van der Waals surface area contributed by atoms with Crippen LogP contribution in [0.1, 0.15) is 27.7 Å². The van der Waals surface area contributed by atoms with E-state index in [0.29, 0.717) is 11.2 Å². The second kappa shape index (κ2) is 4.65. The molecule has 0 amide bonds. The van der Waals surface area contributed by atoms with Gasteiger partial charge in [-0.15, -0.1) is 0 Å². The molecule has 0 atom stereocenters. The van der Waals surface area contributed by atoms with Crippen LogP contribution in [0, 0.1) is 5.82 Å². The molecule has 1 saturated heterocycles. The summed E-state index contributed by atoms with van der Waals surface area (Å²) in [7, 11) is 0.843. The number of benzene rings is 1. The molecule has 1 fully saturated rings. The maximum atomic E-state index is 13.4. The summed E-state index contributed by atoms with van der Waals surface area (Å²) >= 11 is 5.82. The molecule has 1 aliphatic heterocycles. The summed E-state index contributed by atoms with van der Waals surface area (Å²) in [5, 5.41) is 0.0190. The Hall–Kier alpha value is -0.775. The molecule has 1 aliphatic rings. The molecule has 3 nitrogen and oxygen atoms in total. The average molecular weight is 287 g/mol. The van der Waals surface area contributed by atoms with Gasteiger partial charge in [0.25, 0.3) is 0 Å². The molecule has 0 aliphatic carbocycles. The van der Waals surface area contributed by atoms with Crippen LogP contribution < -0.4 is 10.2 Å². The molecule has 19 heavy (non-hydrogen) atoms. The van der Waals surface area contributed by atoms with Crippen molar-refractivity contribution >= 4 is 24.2 Å². The van der Waals surface area contributed by atoms with Gasteiger partial charge in [0, 0.05) is 11.5 Å². The monoisotopic (exact) mass is 286 g/mol. The predicted octanol–water partition coefficient (Wildman–Crippen LogP) is 2.79. The fraction of sp³-hybridized carbons (Fsp3) is 0.538. The number of ether oxygens (including phenoxy) is 1. The summed E-state index contributed by atoms with van der Waals surface area (Å²) in [6, 6.07) is 2.72. The first kappa shape index (κ1) is 14.6. The minimum absolute atomic E-state index is 0.0190. The summed E-state index contributed by atoms with van der Waals surface area (Å²) in [5.74, 6) is -0.167. The Bertz CT molecular complexity index is 489. The first-order chi connectivity index (χ1) is 8.68. The predicted molar refractivity (Wildman–Crippen MR) is 73.7 cm³/mol. The highest BCUT2D eigenvalue weighted by Crippen LogP contribution is 2.37. The SMILES string of the molecule is COc1cc(F)c(Cl)cc1B1OC(C)(C)C(C)(C)O1. The van der Waals surface area contributed by atoms with E-state index in [2.05, 4.69) is 0 Å². The van der Waals surface area contributed by atoms with Gasteiger partial charge < -0.3 is 14.0 Å². The quantitative estimate of drug-likeness (QED) is 0.783. The van der Waals surface area contributed by atoms with Crippen LogP contribution in [0.3, 0.4) is 0 Å². The van der Waals surface area contributed by atoms with E-state index in [1.807, 2.05) is 27.7 Å². The molecule has 1 aromatic carbocycles. The van der Waals surface area contributed by atoms with Crippen molar-refractivity contribution in [1.82, 2.24) is 0 Å². The van der Waals surface area contributed by atoms with Crippen molar-refractivity contribution < 1.29 is 18.4 Å². The highest BCUT2D eigenvalue weighted by Gasteiger charge is 2.52. The van der Waals surface area contributed by atoms with Gasteiger partial charge in [-0.2, -0.15) is 0 Å². The Morgan fingerprint density at radius 1 is 1.16 bits per heavy atom. The summed E-state index contributed by atoms with van der Waals surface area (Å²) < 4.78 is 30.4. The normalized spacial score (nSPS) is 20.7. The Labute approximate surface area is 118 Å². The number of rotatable bonds is 2. The molecular formula is C13H17BClFO3. The second-order valence-electron chi connectivity index (χ2n) is 5.60. The fourth-order valence-corrected chi connectivity index (χ4v) is 2.05. The van der Waals surface area contributed by atoms with Crippen molar-refractivity contribution in [3.8, 4) is 5.75 Å². The summed E-state index contributed by atoms with van der Waals surface area (Å²) in [4.78, 5) is 0. The van der Waals surface area contributed by atoms with Crippen LogP contribution in [0.5, 0.6) is 5.75 Å². The third-order valence-electron chi connectivity index (χ3n) is 3.78. The zero-order valence-corrected chi connectivity index (χ0v) is 12.5. The molecule has 2 rings (SSSR count). The van der Waals surface area contributed by atoms with E-state index in [1.54, 1.807) is 0 Å². The molecule has 0 saturated carbocycles. The van der Waals surface area contributed by atoms with Crippen molar-refractivity contribution in [1.29, 1.82) is 0 Å². The molecular weight excluding hydrogens is 269 g/mol. The Morgan fingerprint density at radius 3 is 2.16 bits per heavy atom. The van der Waals surface area contributed by atoms with E-state index < -0.39 is 24.1 Å². The molecule has 0 N–H and O–H groups in total. The molecule has 104 valence electrons. The third-order valence-corrected chi connectivity index (χ3v) is 4.07. The lowest BCUT2D eigenvalue weighted by Crippen LogP contribution is -2.41. The van der Waals surface area contributed by atoms with Gasteiger partial charge in [0.05, 0.1) is 23.3 Å². The molecule has 0 bridgehead atoms. The second-order valence-corrected chi connectivity index (χ2v) is 6.00. The lowest BCUT2D eigenvalue weighted by molar-refractivity contribution is 0.00578. The van der Waals surface area contributed by atoms with Gasteiger partial charge in [-0.3, -0.25) is 0 Å². The van der Waals surface area contributed by atoms with E-state index in [0.717, 1.165) is 0 Å². The molecule has 0 aromatic heterocycles. The van der Waals surface area contributed by atoms with Gasteiger partial charge in [0.1, 0.15) is 11.6 Å². The van der Waals surface area contributed by atoms with Crippen molar-refractivity contribution in [2.45, 2.75) is 38.9 Å². The Morgan fingerprint density at radius 2 is 1.68 bits per heavy atom. The van der Waals surface area contributed by atoms with Crippen LogP contribution in [-0.4, -0.2) is 25.4 Å². The van der Waals surface area contributed by atoms with Gasteiger partial charge in [-0.25, -0.2) is 4.39 Å². The molecule has 1 heterocycles. The van der Waals surface area contributed by atoms with E-state index in [4.69, 9.17) is 25.6 Å². The summed E-state index contributed by atoms with van der Waals surface area (Å²) in [5.41, 5.74) is -0.347. The first-order valence-electron chi connectivity index (χ1n) is 6.06. The molecule has 0 radical (unpaired) electrons. The van der Waals surface area contributed by atoms with Crippen LogP contribution in [0.15, 0.2) is 12.1 Å². The van der Waals surface area contributed by atoms with E-state index >= 15 is 0 Å². The van der Waals surface area contributed by atoms with E-state index in [-0.39, 0.29) is 5.02 Å². The van der Waals surface area contributed by atoms with Gasteiger partial charge in [-0.1, -0.05) is 11.6 Å². The third kappa shape index (κ3) is 2.47. The highest BCUT2D eigenvalue weighted by atomic mass is 35.5. The average Bonchev–Trinajstić information content (AvgIpc) is 2.51. The molecule has 1 aromatic rings. The van der Waals surface area contributed by atoms with Crippen molar-refractivity contribution in [3.05, 3.63) is 23.0 Å². The van der Waals surface area contributed by atoms with Crippen LogP contribution >= 0.6 is 11.6 Å². The maximum Gasteiger partial charge on any atom is 0.498 e. The molecule has 0 unspecified atom stereocenters. The van der Waals surface area contributed by atoms with Crippen LogP contribution in [0.4, 0.5) is 4.39 Å². The standard InChI is InChI=1S/C13H17BClFO3/c1-12(2)13(3,4)19-14(18-12)8-6-9(15)10(16)7-11(8)17-5/h6-7H,1-5H3. The molecule has 0 spiro atoms. The topological polar surface area (TPSA) is 27.7 Å². The maximum absolute atomic E-state index is 13.4. The highest BCUT2D eigenvalue weighted by molar-refractivity contribution is 6.63. The van der Waals surface area contributed by atoms with Gasteiger partial charge in [0.2, 0.25) is 0 Å². The number of hydrogen-bond acceptors (Lipinski definition) is 3. The smallest absolute Gasteiger partial charge is 0.497 e. The van der Waals surface area contributed by atoms with Crippen molar-refractivity contribution in [2.75, 3.05) is 7.11 Å². The molecule has 6 heteroatoms.